The Balaban J connectivity index is 0.845. The van der Waals surface area contributed by atoms with Crippen molar-refractivity contribution in [2.45, 2.75) is 50.5 Å². The quantitative estimate of drug-likeness (QED) is 0.718. The van der Waals surface area contributed by atoms with Crippen molar-refractivity contribution in [1.82, 2.24) is 34.9 Å². The molecule has 33 heavy (non-hydrogen) atoms. The van der Waals surface area contributed by atoms with Crippen molar-refractivity contribution in [3.05, 3.63) is 27.7 Å². The molecule has 1 N–H and O–H groups in total. The number of nitrogens with one attached hydrogen (secondary N) is 1. The van der Waals surface area contributed by atoms with Gasteiger partial charge in [-0.25, -0.2) is 23.5 Å². The maximum absolute atomic E-state index is 12.9. The minimum absolute atomic E-state index is 0.0365. The molecule has 8 nitrogen and oxygen atoms in total. The molecule has 0 bridgehead atoms. The number of nitrogens with zero attached hydrogens (tertiary/aromatic N) is 6. The van der Waals surface area contributed by atoms with Crippen LogP contribution in [-0.4, -0.2) is 80.2 Å². The second-order valence-corrected chi connectivity index (χ2v) is 12.2. The number of halogens is 2. The van der Waals surface area contributed by atoms with Crippen molar-refractivity contribution in [1.29, 1.82) is 0 Å². The first-order chi connectivity index (χ1) is 15.9. The van der Waals surface area contributed by atoms with E-state index in [9.17, 15) is 13.6 Å². The van der Waals surface area contributed by atoms with Gasteiger partial charge in [0.25, 0.3) is 6.43 Å². The molecule has 2 aromatic heterocycles. The molecule has 176 valence electrons. The molecule has 5 fully saturated rings. The first-order valence-corrected chi connectivity index (χ1v) is 12.6. The normalized spacial score (nSPS) is 25.8. The smallest absolute Gasteiger partial charge is 0.320 e. The minimum Gasteiger partial charge on any atom is -0.323 e. The van der Waals surface area contributed by atoms with Crippen LogP contribution in [0.2, 0.25) is 0 Å². The molecule has 2 aliphatic carbocycles. The van der Waals surface area contributed by atoms with E-state index in [2.05, 4.69) is 20.1 Å². The standard InChI is InChI=1S/C22H27F2N7OS/c23-17(24)15-5-25-16(33-15)6-29-7-22(8-29)11-31(12-22)20(32)30-9-21(10-30)3-14(4-21)19-26-18(27-28-19)13-1-2-13/h5,13-14,17H,1-4,6-12H2,(H,26,27,28). The maximum atomic E-state index is 12.9. The summed E-state index contributed by atoms with van der Waals surface area (Å²) in [6.45, 7) is 5.75. The molecule has 3 aliphatic heterocycles. The average Bonchev–Trinajstić information content (AvgIpc) is 3.20. The zero-order chi connectivity index (χ0) is 22.4. The van der Waals surface area contributed by atoms with Gasteiger partial charge in [0.2, 0.25) is 0 Å². The first kappa shape index (κ1) is 20.3. The van der Waals surface area contributed by atoms with E-state index in [0.717, 1.165) is 80.1 Å². The van der Waals surface area contributed by atoms with Gasteiger partial charge in [-0.05, 0) is 25.7 Å². The van der Waals surface area contributed by atoms with Crippen LogP contribution in [0.15, 0.2) is 6.20 Å². The number of carbonyl (C=O) groups excluding carboxylic acids is 1. The van der Waals surface area contributed by atoms with Crippen LogP contribution in [0.4, 0.5) is 13.6 Å². The Kier molecular flexibility index (Phi) is 4.26. The lowest BCUT2D eigenvalue weighted by Crippen LogP contribution is -2.75. The van der Waals surface area contributed by atoms with E-state index in [1.165, 1.54) is 19.0 Å². The number of likely N-dealkylation sites (tertiary alicyclic amines) is 3. The fourth-order valence-corrected chi connectivity index (χ4v) is 7.16. The topological polar surface area (TPSA) is 81.2 Å². The molecule has 3 saturated heterocycles. The maximum Gasteiger partial charge on any atom is 0.320 e. The molecule has 0 aromatic carbocycles. The number of hydrogen-bond donors (Lipinski definition) is 1. The number of alkyl halides is 2. The van der Waals surface area contributed by atoms with E-state index >= 15 is 0 Å². The molecule has 2 aromatic rings. The molecule has 0 unspecified atom stereocenters. The van der Waals surface area contributed by atoms with E-state index in [1.807, 2.05) is 9.80 Å². The summed E-state index contributed by atoms with van der Waals surface area (Å²) in [6.07, 6.45) is 3.46. The molecule has 5 aliphatic rings. The zero-order valence-electron chi connectivity index (χ0n) is 18.3. The van der Waals surface area contributed by atoms with Crippen molar-refractivity contribution < 1.29 is 13.6 Å². The predicted octanol–water partition coefficient (Wildman–Crippen LogP) is 3.19. The number of H-pyrrole nitrogens is 1. The third-order valence-electron chi connectivity index (χ3n) is 8.12. The van der Waals surface area contributed by atoms with Gasteiger partial charge in [0.05, 0.1) is 11.4 Å². The van der Waals surface area contributed by atoms with E-state index in [-0.39, 0.29) is 21.7 Å². The average molecular weight is 476 g/mol. The molecular formula is C22H27F2N7OS. The number of aromatic nitrogens is 4. The van der Waals surface area contributed by atoms with Crippen LogP contribution in [0.1, 0.15) is 65.5 Å². The summed E-state index contributed by atoms with van der Waals surface area (Å²) < 4.78 is 25.5. The van der Waals surface area contributed by atoms with Crippen LogP contribution in [0.3, 0.4) is 0 Å². The zero-order valence-corrected chi connectivity index (χ0v) is 19.2. The van der Waals surface area contributed by atoms with Crippen molar-refractivity contribution in [3.63, 3.8) is 0 Å². The van der Waals surface area contributed by atoms with Gasteiger partial charge in [0.15, 0.2) is 5.82 Å². The Labute approximate surface area is 194 Å². The summed E-state index contributed by atoms with van der Waals surface area (Å²) in [5.41, 5.74) is 0.467. The number of thiazole rings is 1. The molecule has 11 heteroatoms. The summed E-state index contributed by atoms with van der Waals surface area (Å²) in [7, 11) is 0. The summed E-state index contributed by atoms with van der Waals surface area (Å²) in [5, 5.41) is 8.29. The van der Waals surface area contributed by atoms with Gasteiger partial charge in [0, 0.05) is 68.1 Å². The van der Waals surface area contributed by atoms with E-state index < -0.39 is 6.43 Å². The third-order valence-corrected chi connectivity index (χ3v) is 9.11. The van der Waals surface area contributed by atoms with Gasteiger partial charge in [-0.15, -0.1) is 11.3 Å². The molecule has 0 atom stereocenters. The molecule has 2 saturated carbocycles. The van der Waals surface area contributed by atoms with Crippen molar-refractivity contribution in [2.75, 3.05) is 39.3 Å². The summed E-state index contributed by atoms with van der Waals surface area (Å²) >= 11 is 1.09. The van der Waals surface area contributed by atoms with E-state index in [4.69, 9.17) is 4.98 Å². The minimum atomic E-state index is -2.45. The Morgan fingerprint density at radius 2 is 1.79 bits per heavy atom. The van der Waals surface area contributed by atoms with Crippen LogP contribution in [0.5, 0.6) is 0 Å². The highest BCUT2D eigenvalue weighted by atomic mass is 32.1. The molecular weight excluding hydrogens is 448 g/mol. The molecule has 7 rings (SSSR count). The van der Waals surface area contributed by atoms with Crippen molar-refractivity contribution in [2.24, 2.45) is 10.8 Å². The van der Waals surface area contributed by atoms with Crippen LogP contribution >= 0.6 is 11.3 Å². The highest BCUT2D eigenvalue weighted by molar-refractivity contribution is 7.11. The Morgan fingerprint density at radius 1 is 1.09 bits per heavy atom. The monoisotopic (exact) mass is 475 g/mol. The number of carbonyl (C=O) groups is 1. The number of rotatable bonds is 5. The van der Waals surface area contributed by atoms with Crippen LogP contribution in [0, 0.1) is 10.8 Å². The molecule has 2 amide bonds. The van der Waals surface area contributed by atoms with Gasteiger partial charge in [-0.2, -0.15) is 5.10 Å². The van der Waals surface area contributed by atoms with Gasteiger partial charge >= 0.3 is 6.03 Å². The lowest BCUT2D eigenvalue weighted by atomic mass is 9.57. The van der Waals surface area contributed by atoms with Crippen LogP contribution < -0.4 is 0 Å². The van der Waals surface area contributed by atoms with Gasteiger partial charge in [-0.1, -0.05) is 0 Å². The fraction of sp³-hybridized carbons (Fsp3) is 0.727. The number of urea groups is 1. The van der Waals surface area contributed by atoms with Gasteiger partial charge in [-0.3, -0.25) is 10.00 Å². The summed E-state index contributed by atoms with van der Waals surface area (Å²) in [5.74, 6) is 3.07. The summed E-state index contributed by atoms with van der Waals surface area (Å²) in [4.78, 5) is 27.9. The SMILES string of the molecule is O=C(N1CC2(CC(c3n[nH]c(C4CC4)n3)C2)C1)N1CC2(CN(Cc3ncc(C(F)F)s3)C2)C1. The van der Waals surface area contributed by atoms with Gasteiger partial charge < -0.3 is 9.80 Å². The van der Waals surface area contributed by atoms with Crippen molar-refractivity contribution >= 4 is 17.4 Å². The fourth-order valence-electron chi connectivity index (χ4n) is 6.34. The highest BCUT2D eigenvalue weighted by Crippen LogP contribution is 2.56. The third kappa shape index (κ3) is 3.38. The lowest BCUT2D eigenvalue weighted by Gasteiger charge is -2.63. The molecule has 2 spiro atoms. The first-order valence-electron chi connectivity index (χ1n) is 11.8. The second-order valence-electron chi connectivity index (χ2n) is 11.1. The Hall–Kier alpha value is -2.14. The predicted molar refractivity (Wildman–Crippen MR) is 116 cm³/mol. The lowest BCUT2D eigenvalue weighted by molar-refractivity contribution is -0.116. The Bertz CT molecular complexity index is 1070. The van der Waals surface area contributed by atoms with E-state index in [1.54, 1.807) is 0 Å². The molecule has 0 radical (unpaired) electrons. The highest BCUT2D eigenvalue weighted by Gasteiger charge is 2.58. The van der Waals surface area contributed by atoms with Crippen LogP contribution in [-0.2, 0) is 6.54 Å². The largest absolute Gasteiger partial charge is 0.323 e. The number of hydrogen-bond acceptors (Lipinski definition) is 6. The number of amides is 2. The van der Waals surface area contributed by atoms with Crippen LogP contribution in [0.25, 0.3) is 0 Å². The number of aromatic amines is 1. The van der Waals surface area contributed by atoms with Crippen molar-refractivity contribution in [3.8, 4) is 0 Å². The van der Waals surface area contributed by atoms with E-state index in [0.29, 0.717) is 18.4 Å². The Morgan fingerprint density at radius 3 is 2.42 bits per heavy atom. The molecule has 5 heterocycles. The second kappa shape index (κ2) is 6.94. The van der Waals surface area contributed by atoms with Gasteiger partial charge in [0.1, 0.15) is 10.8 Å². The summed E-state index contributed by atoms with van der Waals surface area (Å²) in [6, 6.07) is 0.170.